The molecule has 1 aliphatic heterocycles. The Bertz CT molecular complexity index is 970. The van der Waals surface area contributed by atoms with Gasteiger partial charge in [0.2, 0.25) is 11.8 Å². The largest absolute Gasteiger partial charge is 0.497 e. The molecule has 2 atom stereocenters. The van der Waals surface area contributed by atoms with E-state index in [4.69, 9.17) is 9.57 Å². The van der Waals surface area contributed by atoms with Gasteiger partial charge < -0.3 is 15.4 Å². The van der Waals surface area contributed by atoms with Crippen LogP contribution in [0.3, 0.4) is 0 Å². The number of methoxy groups -OCH3 is 1. The molecule has 10 heteroatoms. The molecule has 2 aliphatic rings. The second-order valence-electron chi connectivity index (χ2n) is 10.7. The first-order chi connectivity index (χ1) is 18.2. The lowest BCUT2D eigenvalue weighted by molar-refractivity contribution is -0.205. The minimum atomic E-state index is -0.788. The van der Waals surface area contributed by atoms with Crippen LogP contribution in [0.1, 0.15) is 58.4 Å². The Hall–Kier alpha value is -2.13. The minimum absolute atomic E-state index is 0.154. The standard InChI is InChI=1S/C28H41N3O5S2/c1-28(2,3)36-31-14-15-38-25(24(31)17-32)27(34)30-23(19-37-18-21-8-6-5-7-9-21)26(33)29-16-20-10-12-22(35-4)13-11-20/h10-13,21,23,25H,5-9,14-16,18-19H2,1-4H3,(H,29,33)(H,30,34)/t23-,25?/m0/s1. The molecule has 0 aromatic heterocycles. The van der Waals surface area contributed by atoms with Crippen molar-refractivity contribution in [3.05, 3.63) is 35.5 Å². The first kappa shape index (κ1) is 30.4. The molecule has 2 amide bonds. The maximum Gasteiger partial charge on any atom is 0.243 e. The molecule has 210 valence electrons. The Balaban J connectivity index is 1.65. The predicted molar refractivity (Wildman–Crippen MR) is 154 cm³/mol. The molecular formula is C28H41N3O5S2. The molecule has 1 unspecified atom stereocenters. The summed E-state index contributed by atoms with van der Waals surface area (Å²) in [6.45, 7) is 6.49. The van der Waals surface area contributed by atoms with Gasteiger partial charge in [-0.1, -0.05) is 31.4 Å². The van der Waals surface area contributed by atoms with E-state index in [1.54, 1.807) is 18.9 Å². The molecule has 1 saturated carbocycles. The first-order valence-electron chi connectivity index (χ1n) is 13.3. The third-order valence-electron chi connectivity index (χ3n) is 6.44. The number of carbonyl (C=O) groups excluding carboxylic acids is 3. The minimum Gasteiger partial charge on any atom is -0.497 e. The summed E-state index contributed by atoms with van der Waals surface area (Å²) in [6, 6.07) is 6.77. The molecule has 0 radical (unpaired) electrons. The van der Waals surface area contributed by atoms with E-state index in [0.29, 0.717) is 30.5 Å². The number of nitrogens with zero attached hydrogens (tertiary/aromatic N) is 1. The number of carbonyl (C=O) groups is 2. The van der Waals surface area contributed by atoms with E-state index in [1.165, 1.54) is 48.9 Å². The van der Waals surface area contributed by atoms with Gasteiger partial charge in [0.15, 0.2) is 0 Å². The number of amides is 2. The summed E-state index contributed by atoms with van der Waals surface area (Å²) in [6.07, 6.45) is 6.28. The number of nitrogens with one attached hydrogen (secondary N) is 2. The van der Waals surface area contributed by atoms with Crippen LogP contribution in [0.5, 0.6) is 5.75 Å². The number of benzene rings is 1. The van der Waals surface area contributed by atoms with Gasteiger partial charge in [0, 0.05) is 18.1 Å². The van der Waals surface area contributed by atoms with Crippen LogP contribution >= 0.6 is 23.5 Å². The number of rotatable bonds is 11. The van der Waals surface area contributed by atoms with Crippen LogP contribution in [0.2, 0.25) is 0 Å². The van der Waals surface area contributed by atoms with E-state index in [1.807, 2.05) is 51.0 Å². The molecule has 2 fully saturated rings. The third-order valence-corrected chi connectivity index (χ3v) is 8.91. The van der Waals surface area contributed by atoms with Crippen molar-refractivity contribution < 1.29 is 24.0 Å². The van der Waals surface area contributed by atoms with Crippen LogP contribution < -0.4 is 15.4 Å². The van der Waals surface area contributed by atoms with E-state index in [-0.39, 0.29) is 17.5 Å². The third kappa shape index (κ3) is 9.56. The fourth-order valence-corrected chi connectivity index (χ4v) is 6.83. The molecule has 38 heavy (non-hydrogen) atoms. The van der Waals surface area contributed by atoms with E-state index >= 15 is 0 Å². The lowest BCUT2D eigenvalue weighted by Gasteiger charge is -2.37. The second-order valence-corrected chi connectivity index (χ2v) is 13.0. The van der Waals surface area contributed by atoms with Gasteiger partial charge in [-0.25, -0.2) is 9.86 Å². The normalized spacial score (nSPS) is 19.4. The summed E-state index contributed by atoms with van der Waals surface area (Å²) in [5.74, 6) is 4.77. The summed E-state index contributed by atoms with van der Waals surface area (Å²) < 4.78 is 5.20. The summed E-state index contributed by atoms with van der Waals surface area (Å²) in [5.41, 5.74) is 0.564. The lowest BCUT2D eigenvalue weighted by Crippen LogP contribution is -2.53. The Labute approximate surface area is 235 Å². The molecule has 1 aromatic carbocycles. The molecule has 1 aromatic rings. The summed E-state index contributed by atoms with van der Waals surface area (Å²) >= 11 is 3.07. The SMILES string of the molecule is COc1ccc(CNC(=O)[C@H](CSCC2CCCCC2)NC(=O)C2SCCN(OC(C)(C)C)C2=C=O)cc1. The van der Waals surface area contributed by atoms with Crippen molar-refractivity contribution in [1.29, 1.82) is 0 Å². The average Bonchev–Trinajstić information content (AvgIpc) is 2.91. The number of hydrogen-bond donors (Lipinski definition) is 2. The highest BCUT2D eigenvalue weighted by atomic mass is 32.2. The van der Waals surface area contributed by atoms with Gasteiger partial charge in [0.05, 0.1) is 19.3 Å². The first-order valence-corrected chi connectivity index (χ1v) is 15.5. The fourth-order valence-electron chi connectivity index (χ4n) is 4.51. The van der Waals surface area contributed by atoms with E-state index in [9.17, 15) is 14.4 Å². The van der Waals surface area contributed by atoms with Crippen LogP contribution in [-0.4, -0.2) is 70.6 Å². The van der Waals surface area contributed by atoms with Crippen LogP contribution in [0.25, 0.3) is 0 Å². The van der Waals surface area contributed by atoms with E-state index < -0.39 is 16.9 Å². The number of thioether (sulfide) groups is 2. The maximum atomic E-state index is 13.4. The summed E-state index contributed by atoms with van der Waals surface area (Å²) in [5, 5.41) is 6.58. The highest BCUT2D eigenvalue weighted by molar-refractivity contribution is 8.00. The molecule has 2 N–H and O–H groups in total. The monoisotopic (exact) mass is 563 g/mol. The van der Waals surface area contributed by atoms with Crippen molar-refractivity contribution in [3.8, 4) is 5.75 Å². The van der Waals surface area contributed by atoms with Gasteiger partial charge in [-0.15, -0.1) is 11.8 Å². The molecule has 3 rings (SSSR count). The van der Waals surface area contributed by atoms with E-state index in [2.05, 4.69) is 10.6 Å². The molecular weight excluding hydrogens is 522 g/mol. The van der Waals surface area contributed by atoms with Crippen molar-refractivity contribution in [3.63, 3.8) is 0 Å². The molecule has 1 aliphatic carbocycles. The Morgan fingerprint density at radius 3 is 2.53 bits per heavy atom. The molecule has 0 bridgehead atoms. The number of hydrogen-bond acceptors (Lipinski definition) is 8. The van der Waals surface area contributed by atoms with Crippen molar-refractivity contribution >= 4 is 41.3 Å². The fraction of sp³-hybridized carbons (Fsp3) is 0.643. The van der Waals surface area contributed by atoms with Gasteiger partial charge in [-0.2, -0.15) is 11.8 Å². The van der Waals surface area contributed by atoms with Crippen molar-refractivity contribution in [2.75, 3.05) is 30.9 Å². The maximum absolute atomic E-state index is 13.4. The molecule has 1 saturated heterocycles. The van der Waals surface area contributed by atoms with Gasteiger partial charge >= 0.3 is 0 Å². The smallest absolute Gasteiger partial charge is 0.243 e. The topological polar surface area (TPSA) is 97.0 Å². The summed E-state index contributed by atoms with van der Waals surface area (Å²) in [4.78, 5) is 44.4. The average molecular weight is 564 g/mol. The highest BCUT2D eigenvalue weighted by Gasteiger charge is 2.37. The number of hydroxylamine groups is 2. The highest BCUT2D eigenvalue weighted by Crippen LogP contribution is 2.30. The Morgan fingerprint density at radius 2 is 1.89 bits per heavy atom. The summed E-state index contributed by atoms with van der Waals surface area (Å²) in [7, 11) is 1.61. The van der Waals surface area contributed by atoms with E-state index in [0.717, 1.165) is 17.1 Å². The molecule has 0 spiro atoms. The van der Waals surface area contributed by atoms with Crippen molar-refractivity contribution in [1.82, 2.24) is 15.7 Å². The van der Waals surface area contributed by atoms with Crippen molar-refractivity contribution in [2.24, 2.45) is 5.92 Å². The second kappa shape index (κ2) is 14.9. The zero-order chi connectivity index (χ0) is 27.5. The zero-order valence-corrected chi connectivity index (χ0v) is 24.6. The Kier molecular flexibility index (Phi) is 11.9. The van der Waals surface area contributed by atoms with Gasteiger partial charge in [-0.05, 0) is 63.0 Å². The van der Waals surface area contributed by atoms with Gasteiger partial charge in [0.25, 0.3) is 0 Å². The van der Waals surface area contributed by atoms with Crippen LogP contribution in [0.4, 0.5) is 0 Å². The Morgan fingerprint density at radius 1 is 1.18 bits per heavy atom. The predicted octanol–water partition coefficient (Wildman–Crippen LogP) is 3.97. The van der Waals surface area contributed by atoms with Crippen LogP contribution in [0.15, 0.2) is 30.0 Å². The quantitative estimate of drug-likeness (QED) is 0.391. The molecule has 1 heterocycles. The van der Waals surface area contributed by atoms with Crippen molar-refractivity contribution in [2.45, 2.75) is 76.3 Å². The van der Waals surface area contributed by atoms with Crippen LogP contribution in [-0.2, 0) is 25.8 Å². The zero-order valence-electron chi connectivity index (χ0n) is 22.9. The number of ether oxygens (including phenoxy) is 1. The van der Waals surface area contributed by atoms with Gasteiger partial charge in [-0.3, -0.25) is 14.4 Å². The van der Waals surface area contributed by atoms with Crippen LogP contribution in [0, 0.1) is 5.92 Å². The van der Waals surface area contributed by atoms with Gasteiger partial charge in [0.1, 0.15) is 28.7 Å². The lowest BCUT2D eigenvalue weighted by atomic mass is 9.91. The molecule has 8 nitrogen and oxygen atoms in total.